The van der Waals surface area contributed by atoms with Gasteiger partial charge in [0.1, 0.15) is 5.82 Å². The molecule has 2 N–H and O–H groups in total. The summed E-state index contributed by atoms with van der Waals surface area (Å²) in [7, 11) is 1.81. The number of carbonyl (C=O) groups excluding carboxylic acids is 2. The summed E-state index contributed by atoms with van der Waals surface area (Å²) in [4.78, 5) is 33.5. The van der Waals surface area contributed by atoms with E-state index in [9.17, 15) is 9.59 Å². The summed E-state index contributed by atoms with van der Waals surface area (Å²) < 4.78 is 0. The van der Waals surface area contributed by atoms with E-state index < -0.39 is 0 Å². The van der Waals surface area contributed by atoms with E-state index in [1.165, 1.54) is 5.56 Å². The molecular formula is C23H24N4O2. The summed E-state index contributed by atoms with van der Waals surface area (Å²) in [6.45, 7) is 4.09. The third-order valence-electron chi connectivity index (χ3n) is 5.53. The van der Waals surface area contributed by atoms with Gasteiger partial charge in [-0.15, -0.1) is 0 Å². The van der Waals surface area contributed by atoms with Crippen LogP contribution in [0.1, 0.15) is 41.6 Å². The Hall–Kier alpha value is -3.41. The maximum absolute atomic E-state index is 12.7. The van der Waals surface area contributed by atoms with E-state index in [4.69, 9.17) is 0 Å². The van der Waals surface area contributed by atoms with E-state index in [-0.39, 0.29) is 17.9 Å². The zero-order valence-electron chi connectivity index (χ0n) is 16.8. The summed E-state index contributed by atoms with van der Waals surface area (Å²) in [5.41, 5.74) is 5.20. The molecule has 1 aliphatic rings. The Morgan fingerprint density at radius 2 is 2.10 bits per heavy atom. The number of hydrogen-bond acceptors (Lipinski definition) is 3. The van der Waals surface area contributed by atoms with E-state index in [1.807, 2.05) is 26.2 Å². The van der Waals surface area contributed by atoms with Crippen molar-refractivity contribution in [3.63, 3.8) is 0 Å². The third kappa shape index (κ3) is 3.78. The topological polar surface area (TPSA) is 78.1 Å². The van der Waals surface area contributed by atoms with Gasteiger partial charge >= 0.3 is 0 Å². The van der Waals surface area contributed by atoms with Gasteiger partial charge in [0.05, 0.1) is 6.04 Å². The first-order valence-electron chi connectivity index (χ1n) is 9.73. The van der Waals surface area contributed by atoms with E-state index in [0.717, 1.165) is 27.6 Å². The van der Waals surface area contributed by atoms with Crippen molar-refractivity contribution in [3.8, 4) is 0 Å². The number of H-pyrrole nitrogens is 1. The molecule has 0 aliphatic carbocycles. The molecule has 0 bridgehead atoms. The van der Waals surface area contributed by atoms with Gasteiger partial charge in [-0.2, -0.15) is 0 Å². The molecule has 29 heavy (non-hydrogen) atoms. The number of pyridine rings is 1. The minimum Gasteiger partial charge on any atom is -0.361 e. The fourth-order valence-corrected chi connectivity index (χ4v) is 3.65. The quantitative estimate of drug-likeness (QED) is 0.664. The predicted octanol–water partition coefficient (Wildman–Crippen LogP) is 3.99. The third-order valence-corrected chi connectivity index (χ3v) is 5.53. The van der Waals surface area contributed by atoms with Gasteiger partial charge in [0.25, 0.3) is 0 Å². The largest absolute Gasteiger partial charge is 0.361 e. The highest BCUT2D eigenvalue weighted by atomic mass is 16.2. The molecule has 3 heterocycles. The van der Waals surface area contributed by atoms with Crippen molar-refractivity contribution in [3.05, 3.63) is 65.0 Å². The minimum absolute atomic E-state index is 0.00782. The highest BCUT2D eigenvalue weighted by molar-refractivity contribution is 5.94. The Morgan fingerprint density at radius 3 is 2.93 bits per heavy atom. The van der Waals surface area contributed by atoms with Crippen LogP contribution in [-0.4, -0.2) is 33.7 Å². The highest BCUT2D eigenvalue weighted by Gasteiger charge is 2.19. The molecule has 0 fully saturated rings. The minimum atomic E-state index is -0.0782. The lowest BCUT2D eigenvalue weighted by molar-refractivity contribution is -0.126. The monoisotopic (exact) mass is 388 g/mol. The van der Waals surface area contributed by atoms with E-state index in [0.29, 0.717) is 18.7 Å². The molecule has 1 aliphatic heterocycles. The molecule has 0 saturated heterocycles. The van der Waals surface area contributed by atoms with Gasteiger partial charge in [-0.1, -0.05) is 11.6 Å². The van der Waals surface area contributed by atoms with Gasteiger partial charge in [0, 0.05) is 42.8 Å². The molecule has 0 spiro atoms. The Labute approximate surface area is 169 Å². The number of aromatic amines is 1. The van der Waals surface area contributed by atoms with Crippen LogP contribution >= 0.6 is 0 Å². The first-order valence-corrected chi connectivity index (χ1v) is 9.73. The van der Waals surface area contributed by atoms with Crippen molar-refractivity contribution in [1.29, 1.82) is 0 Å². The number of aromatic nitrogens is 2. The van der Waals surface area contributed by atoms with Crippen molar-refractivity contribution in [1.82, 2.24) is 14.9 Å². The second-order valence-electron chi connectivity index (χ2n) is 7.58. The summed E-state index contributed by atoms with van der Waals surface area (Å²) in [5.74, 6) is 0.530. The van der Waals surface area contributed by atoms with E-state index >= 15 is 0 Å². The maximum atomic E-state index is 12.7. The van der Waals surface area contributed by atoms with Gasteiger partial charge in [-0.05, 0) is 61.2 Å². The molecule has 2 aromatic heterocycles. The Balaban J connectivity index is 1.50. The number of carbonyl (C=O) groups is 2. The number of fused-ring (bicyclic) bond motifs is 2. The Bertz CT molecular complexity index is 1130. The number of likely N-dealkylation sites (N-methyl/N-ethyl adjacent to an activating group) is 1. The average molecular weight is 388 g/mol. The van der Waals surface area contributed by atoms with Gasteiger partial charge in [-0.25, -0.2) is 4.98 Å². The molecule has 1 unspecified atom stereocenters. The lowest BCUT2D eigenvalue weighted by Gasteiger charge is -2.23. The predicted molar refractivity (Wildman–Crippen MR) is 114 cm³/mol. The van der Waals surface area contributed by atoms with Crippen LogP contribution < -0.4 is 5.32 Å². The molecule has 0 saturated carbocycles. The number of anilines is 1. The van der Waals surface area contributed by atoms with Crippen molar-refractivity contribution in [2.24, 2.45) is 0 Å². The number of aryl methyl sites for hydroxylation is 2. The second kappa shape index (κ2) is 7.54. The van der Waals surface area contributed by atoms with Crippen molar-refractivity contribution < 1.29 is 9.59 Å². The molecule has 4 rings (SSSR count). The molecule has 1 aromatic carbocycles. The molecule has 1 atom stereocenters. The molecule has 6 heteroatoms. The van der Waals surface area contributed by atoms with Crippen LogP contribution in [0.15, 0.2) is 42.7 Å². The molecule has 0 radical (unpaired) electrons. The van der Waals surface area contributed by atoms with Crippen LogP contribution in [0.4, 0.5) is 5.82 Å². The normalized spacial score (nSPS) is 14.7. The van der Waals surface area contributed by atoms with Crippen LogP contribution in [0.5, 0.6) is 0 Å². The van der Waals surface area contributed by atoms with Crippen molar-refractivity contribution >= 4 is 34.6 Å². The number of hydrogen-bond donors (Lipinski definition) is 2. The van der Waals surface area contributed by atoms with E-state index in [1.54, 1.807) is 23.2 Å². The zero-order chi connectivity index (χ0) is 20.5. The number of benzene rings is 1. The first-order chi connectivity index (χ1) is 13.9. The number of amides is 2. The molecule has 2 amide bonds. The fourth-order valence-electron chi connectivity index (χ4n) is 3.65. The highest BCUT2D eigenvalue weighted by Crippen LogP contribution is 2.28. The smallest absolute Gasteiger partial charge is 0.246 e. The summed E-state index contributed by atoms with van der Waals surface area (Å²) >= 11 is 0. The standard InChI is InChI=1S/C23H24N4O2/c1-14-4-7-20-18(10-14)19(13-24-20)15(2)27(3)22(29)9-5-16-11-17-6-8-21(28)26-23(17)25-12-16/h4-5,7,9-13,15,24H,6,8H2,1-3H3,(H,25,26,28). The molecule has 6 nitrogen and oxygen atoms in total. The number of nitrogens with one attached hydrogen (secondary N) is 2. The van der Waals surface area contributed by atoms with Crippen LogP contribution in [-0.2, 0) is 16.0 Å². The number of rotatable bonds is 4. The van der Waals surface area contributed by atoms with Crippen LogP contribution in [0.3, 0.4) is 0 Å². The summed E-state index contributed by atoms with van der Waals surface area (Å²) in [6.07, 6.45) is 8.12. The summed E-state index contributed by atoms with van der Waals surface area (Å²) in [5, 5.41) is 3.91. The SMILES string of the molecule is Cc1ccc2[nH]cc(C(C)N(C)C(=O)C=Cc3cnc4c(c3)CCC(=O)N4)c2c1. The van der Waals surface area contributed by atoms with Gasteiger partial charge in [0.15, 0.2) is 0 Å². The van der Waals surface area contributed by atoms with Crippen molar-refractivity contribution in [2.45, 2.75) is 32.7 Å². The molecule has 148 valence electrons. The second-order valence-corrected chi connectivity index (χ2v) is 7.58. The van der Waals surface area contributed by atoms with E-state index in [2.05, 4.69) is 40.4 Å². The zero-order valence-corrected chi connectivity index (χ0v) is 16.8. The average Bonchev–Trinajstić information content (AvgIpc) is 3.13. The van der Waals surface area contributed by atoms with Crippen LogP contribution in [0.25, 0.3) is 17.0 Å². The Morgan fingerprint density at radius 1 is 1.28 bits per heavy atom. The van der Waals surface area contributed by atoms with Gasteiger partial charge in [0.2, 0.25) is 11.8 Å². The first kappa shape index (κ1) is 18.9. The van der Waals surface area contributed by atoms with Crippen molar-refractivity contribution in [2.75, 3.05) is 12.4 Å². The lowest BCUT2D eigenvalue weighted by atomic mass is 10.0. The molecule has 3 aromatic rings. The van der Waals surface area contributed by atoms with Crippen LogP contribution in [0.2, 0.25) is 0 Å². The lowest BCUT2D eigenvalue weighted by Crippen LogP contribution is -2.27. The van der Waals surface area contributed by atoms with Gasteiger partial charge < -0.3 is 15.2 Å². The van der Waals surface area contributed by atoms with Crippen LogP contribution in [0, 0.1) is 6.92 Å². The number of nitrogens with zero attached hydrogens (tertiary/aromatic N) is 2. The Kier molecular flexibility index (Phi) is 4.92. The summed E-state index contributed by atoms with van der Waals surface area (Å²) in [6, 6.07) is 8.18. The molecular weight excluding hydrogens is 364 g/mol. The van der Waals surface area contributed by atoms with Gasteiger partial charge in [-0.3, -0.25) is 9.59 Å². The maximum Gasteiger partial charge on any atom is 0.246 e. The fraction of sp³-hybridized carbons (Fsp3) is 0.261.